The molecule has 10 heavy (non-hydrogen) atoms. The van der Waals surface area contributed by atoms with Crippen molar-refractivity contribution in [1.82, 2.24) is 5.32 Å². The van der Waals surface area contributed by atoms with E-state index in [0.717, 1.165) is 0 Å². The zero-order chi connectivity index (χ0) is 7.72. The van der Waals surface area contributed by atoms with Gasteiger partial charge in [-0.15, -0.1) is 0 Å². The summed E-state index contributed by atoms with van der Waals surface area (Å²) in [4.78, 5) is 10.9. The van der Waals surface area contributed by atoms with Gasteiger partial charge in [-0.25, -0.2) is 0 Å². The molecule has 0 aromatic carbocycles. The highest BCUT2D eigenvalue weighted by atomic mass is 16.5. The second-order valence-corrected chi connectivity index (χ2v) is 2.76. The van der Waals surface area contributed by atoms with Crippen molar-refractivity contribution >= 4 is 5.91 Å². The topological polar surface area (TPSA) is 38.3 Å². The maximum Gasteiger partial charge on any atom is 0.228 e. The number of nitrogens with one attached hydrogen (secondary N) is 1. The highest BCUT2D eigenvalue weighted by Crippen LogP contribution is 2.19. The molecule has 0 bridgehead atoms. The van der Waals surface area contributed by atoms with Gasteiger partial charge in [-0.3, -0.25) is 4.79 Å². The Balaban J connectivity index is 2.46. The van der Waals surface area contributed by atoms with E-state index in [0.29, 0.717) is 0 Å². The molecular formula is C7H13NO2. The molecular weight excluding hydrogens is 130 g/mol. The van der Waals surface area contributed by atoms with E-state index in [1.807, 2.05) is 13.8 Å². The van der Waals surface area contributed by atoms with Crippen LogP contribution < -0.4 is 5.32 Å². The number of hydrogen-bond acceptors (Lipinski definition) is 2. The van der Waals surface area contributed by atoms with Crippen LogP contribution in [0.4, 0.5) is 0 Å². The minimum atomic E-state index is 0.0451. The Morgan fingerprint density at radius 3 is 2.50 bits per heavy atom. The SMILES string of the molecule is CO[C@@H](C)[C@H]1C(=O)N[C@H]1C. The van der Waals surface area contributed by atoms with Gasteiger partial charge in [0.15, 0.2) is 0 Å². The number of carbonyl (C=O) groups excluding carboxylic acids is 1. The van der Waals surface area contributed by atoms with Crippen LogP contribution in [0.3, 0.4) is 0 Å². The fourth-order valence-electron chi connectivity index (χ4n) is 1.31. The van der Waals surface area contributed by atoms with Gasteiger partial charge in [0.2, 0.25) is 5.91 Å². The summed E-state index contributed by atoms with van der Waals surface area (Å²) < 4.78 is 5.03. The molecule has 1 heterocycles. The maximum atomic E-state index is 10.9. The van der Waals surface area contributed by atoms with Crippen LogP contribution in [-0.2, 0) is 9.53 Å². The molecule has 0 aromatic heterocycles. The van der Waals surface area contributed by atoms with Gasteiger partial charge in [-0.1, -0.05) is 0 Å². The van der Waals surface area contributed by atoms with Crippen molar-refractivity contribution in [3.63, 3.8) is 0 Å². The van der Waals surface area contributed by atoms with Gasteiger partial charge in [0.1, 0.15) is 0 Å². The first kappa shape index (κ1) is 7.54. The minimum absolute atomic E-state index is 0.0451. The van der Waals surface area contributed by atoms with Crippen LogP contribution in [0.25, 0.3) is 0 Å². The molecule has 0 saturated carbocycles. The molecule has 0 unspecified atom stereocenters. The molecule has 3 heteroatoms. The number of amides is 1. The van der Waals surface area contributed by atoms with Crippen molar-refractivity contribution in [2.75, 3.05) is 7.11 Å². The van der Waals surface area contributed by atoms with Gasteiger partial charge >= 0.3 is 0 Å². The second kappa shape index (κ2) is 2.58. The molecule has 58 valence electrons. The van der Waals surface area contributed by atoms with Crippen molar-refractivity contribution in [2.24, 2.45) is 5.92 Å². The Morgan fingerprint density at radius 1 is 1.70 bits per heavy atom. The van der Waals surface area contributed by atoms with Crippen molar-refractivity contribution < 1.29 is 9.53 Å². The predicted octanol–water partition coefficient (Wildman–Crippen LogP) is 0.156. The third-order valence-corrected chi connectivity index (χ3v) is 2.09. The van der Waals surface area contributed by atoms with Gasteiger partial charge in [0.05, 0.1) is 12.0 Å². The van der Waals surface area contributed by atoms with Crippen LogP contribution in [0, 0.1) is 5.92 Å². The summed E-state index contributed by atoms with van der Waals surface area (Å²) in [6.07, 6.45) is 0.0451. The molecule has 1 saturated heterocycles. The van der Waals surface area contributed by atoms with E-state index >= 15 is 0 Å². The van der Waals surface area contributed by atoms with E-state index in [-0.39, 0.29) is 24.0 Å². The smallest absolute Gasteiger partial charge is 0.228 e. The van der Waals surface area contributed by atoms with Crippen LogP contribution in [-0.4, -0.2) is 25.2 Å². The van der Waals surface area contributed by atoms with E-state index in [1.54, 1.807) is 7.11 Å². The van der Waals surface area contributed by atoms with Crippen LogP contribution in [0.1, 0.15) is 13.8 Å². The third-order valence-electron chi connectivity index (χ3n) is 2.09. The van der Waals surface area contributed by atoms with E-state index in [1.165, 1.54) is 0 Å². The fraction of sp³-hybridized carbons (Fsp3) is 0.857. The summed E-state index contributed by atoms with van der Waals surface area (Å²) in [6, 6.07) is 0.280. The predicted molar refractivity (Wildman–Crippen MR) is 37.6 cm³/mol. The standard InChI is InChI=1S/C7H13NO2/c1-4-6(5(2)10-3)7(9)8-4/h4-6H,1-3H3,(H,8,9)/t4-,5-,6-/m0/s1. The van der Waals surface area contributed by atoms with Crippen LogP contribution in [0.2, 0.25) is 0 Å². The minimum Gasteiger partial charge on any atom is -0.381 e. The normalized spacial score (nSPS) is 34.5. The Morgan fingerprint density at radius 2 is 2.30 bits per heavy atom. The largest absolute Gasteiger partial charge is 0.381 e. The number of hydrogen-bond donors (Lipinski definition) is 1. The number of methoxy groups -OCH3 is 1. The first-order valence-corrected chi connectivity index (χ1v) is 3.50. The molecule has 1 rings (SSSR count). The number of ether oxygens (including phenoxy) is 1. The third kappa shape index (κ3) is 1.01. The Hall–Kier alpha value is -0.570. The lowest BCUT2D eigenvalue weighted by molar-refractivity contribution is -0.140. The molecule has 1 fully saturated rings. The maximum absolute atomic E-state index is 10.9. The molecule has 1 aliphatic heterocycles. The summed E-state index contributed by atoms with van der Waals surface area (Å²) in [5.74, 6) is 0.173. The molecule has 3 atom stereocenters. The monoisotopic (exact) mass is 143 g/mol. The average molecular weight is 143 g/mol. The highest BCUT2D eigenvalue weighted by molar-refractivity contribution is 5.86. The summed E-state index contributed by atoms with van der Waals surface area (Å²) in [5.41, 5.74) is 0. The molecule has 1 N–H and O–H groups in total. The molecule has 1 amide bonds. The van der Waals surface area contributed by atoms with Gasteiger partial charge in [-0.05, 0) is 13.8 Å². The number of β-lactam (4-membered cyclic amide) rings is 1. The Labute approximate surface area is 60.7 Å². The van der Waals surface area contributed by atoms with E-state index in [2.05, 4.69) is 5.32 Å². The van der Waals surface area contributed by atoms with Crippen molar-refractivity contribution in [1.29, 1.82) is 0 Å². The Kier molecular flexibility index (Phi) is 1.94. The van der Waals surface area contributed by atoms with Crippen LogP contribution >= 0.6 is 0 Å². The van der Waals surface area contributed by atoms with Gasteiger partial charge in [0, 0.05) is 13.2 Å². The molecule has 0 aromatic rings. The van der Waals surface area contributed by atoms with Gasteiger partial charge in [0.25, 0.3) is 0 Å². The van der Waals surface area contributed by atoms with Crippen LogP contribution in [0.15, 0.2) is 0 Å². The molecule has 3 nitrogen and oxygen atoms in total. The first-order valence-electron chi connectivity index (χ1n) is 3.50. The second-order valence-electron chi connectivity index (χ2n) is 2.76. The number of rotatable bonds is 2. The van der Waals surface area contributed by atoms with Gasteiger partial charge < -0.3 is 10.1 Å². The number of carbonyl (C=O) groups is 1. The van der Waals surface area contributed by atoms with Crippen molar-refractivity contribution in [2.45, 2.75) is 26.0 Å². The summed E-state index contributed by atoms with van der Waals surface area (Å²) in [7, 11) is 1.63. The molecule has 0 radical (unpaired) electrons. The van der Waals surface area contributed by atoms with Crippen LogP contribution in [0.5, 0.6) is 0 Å². The average Bonchev–Trinajstić information content (AvgIpc) is 1.87. The summed E-state index contributed by atoms with van der Waals surface area (Å²) >= 11 is 0. The quantitative estimate of drug-likeness (QED) is 0.559. The lowest BCUT2D eigenvalue weighted by Gasteiger charge is -2.37. The molecule has 0 spiro atoms. The van der Waals surface area contributed by atoms with E-state index in [4.69, 9.17) is 4.74 Å². The van der Waals surface area contributed by atoms with Crippen molar-refractivity contribution in [3.05, 3.63) is 0 Å². The Bertz CT molecular complexity index is 147. The molecule has 0 aliphatic carbocycles. The first-order chi connectivity index (χ1) is 4.66. The zero-order valence-electron chi connectivity index (χ0n) is 6.55. The fourth-order valence-corrected chi connectivity index (χ4v) is 1.31. The molecule has 1 aliphatic rings. The highest BCUT2D eigenvalue weighted by Gasteiger charge is 2.39. The lowest BCUT2D eigenvalue weighted by atomic mass is 9.87. The van der Waals surface area contributed by atoms with E-state index < -0.39 is 0 Å². The summed E-state index contributed by atoms with van der Waals surface area (Å²) in [5, 5.41) is 2.75. The lowest BCUT2D eigenvalue weighted by Crippen LogP contribution is -2.60. The van der Waals surface area contributed by atoms with Crippen molar-refractivity contribution in [3.8, 4) is 0 Å². The van der Waals surface area contributed by atoms with Gasteiger partial charge in [-0.2, -0.15) is 0 Å². The van der Waals surface area contributed by atoms with E-state index in [9.17, 15) is 4.79 Å². The summed E-state index contributed by atoms with van der Waals surface area (Å²) in [6.45, 7) is 3.90. The zero-order valence-corrected chi connectivity index (χ0v) is 6.55.